The molecule has 0 aliphatic carbocycles. The molecule has 0 fully saturated rings. The van der Waals surface area contributed by atoms with Crippen LogP contribution in [-0.4, -0.2) is 4.57 Å². The van der Waals surface area contributed by atoms with E-state index in [1.54, 1.807) is 10.6 Å². The van der Waals surface area contributed by atoms with E-state index in [9.17, 15) is 4.79 Å². The summed E-state index contributed by atoms with van der Waals surface area (Å²) in [5.41, 5.74) is 6.12. The molecule has 0 atom stereocenters. The maximum Gasteiger partial charge on any atom is 0.257 e. The fourth-order valence-electron chi connectivity index (χ4n) is 3.06. The van der Waals surface area contributed by atoms with Gasteiger partial charge in [-0.1, -0.05) is 38.1 Å². The van der Waals surface area contributed by atoms with Crippen LogP contribution >= 0.6 is 0 Å². The van der Waals surface area contributed by atoms with Gasteiger partial charge in [-0.3, -0.25) is 9.36 Å². The Labute approximate surface area is 149 Å². The second-order valence-corrected chi connectivity index (χ2v) is 6.26. The number of hydrogen-bond acceptors (Lipinski definition) is 2. The molecule has 0 bridgehead atoms. The number of hydrogen-bond donors (Lipinski definition) is 1. The summed E-state index contributed by atoms with van der Waals surface area (Å²) in [6.45, 7) is 6.22. The minimum absolute atomic E-state index is 0.0256. The van der Waals surface area contributed by atoms with Gasteiger partial charge < -0.3 is 5.32 Å². The van der Waals surface area contributed by atoms with E-state index in [0.29, 0.717) is 0 Å². The van der Waals surface area contributed by atoms with Gasteiger partial charge in [0.2, 0.25) is 0 Å². The van der Waals surface area contributed by atoms with Crippen molar-refractivity contribution < 1.29 is 0 Å². The van der Waals surface area contributed by atoms with Crippen LogP contribution < -0.4 is 10.9 Å². The van der Waals surface area contributed by atoms with E-state index in [2.05, 4.69) is 43.4 Å². The van der Waals surface area contributed by atoms with Gasteiger partial charge in [0, 0.05) is 28.8 Å². The molecule has 0 unspecified atom stereocenters. The second-order valence-electron chi connectivity index (χ2n) is 6.26. The lowest BCUT2D eigenvalue weighted by Gasteiger charge is -2.14. The van der Waals surface area contributed by atoms with Gasteiger partial charge in [-0.05, 0) is 61.2 Å². The summed E-state index contributed by atoms with van der Waals surface area (Å²) in [6.07, 6.45) is 1.94. The molecule has 1 N–H and O–H groups in total. The molecule has 2 aromatic carbocycles. The molecule has 3 rings (SSSR count). The lowest BCUT2D eigenvalue weighted by atomic mass is 10.1. The summed E-state index contributed by atoms with van der Waals surface area (Å²) in [6, 6.07) is 20.1. The van der Waals surface area contributed by atoms with Gasteiger partial charge in [-0.15, -0.1) is 0 Å². The third-order valence-electron chi connectivity index (χ3n) is 4.42. The Morgan fingerprint density at radius 2 is 1.52 bits per heavy atom. The topological polar surface area (TPSA) is 34.0 Å². The first-order valence-electron chi connectivity index (χ1n) is 8.79. The fourth-order valence-corrected chi connectivity index (χ4v) is 3.06. The molecule has 0 aliphatic rings. The molecule has 25 heavy (non-hydrogen) atoms. The zero-order chi connectivity index (χ0) is 17.8. The fraction of sp³-hybridized carbons (Fsp3) is 0.227. The van der Waals surface area contributed by atoms with Crippen molar-refractivity contribution in [1.82, 2.24) is 4.57 Å². The number of rotatable bonds is 5. The number of benzene rings is 2. The molecule has 3 nitrogen and oxygen atoms in total. The van der Waals surface area contributed by atoms with Crippen molar-refractivity contribution in [3.05, 3.63) is 87.8 Å². The normalized spacial score (nSPS) is 10.7. The van der Waals surface area contributed by atoms with E-state index < -0.39 is 0 Å². The van der Waals surface area contributed by atoms with Gasteiger partial charge in [0.1, 0.15) is 0 Å². The maximum atomic E-state index is 12.7. The molecule has 3 heteroatoms. The lowest BCUT2D eigenvalue weighted by molar-refractivity contribution is 0.931. The third-order valence-corrected chi connectivity index (χ3v) is 4.42. The van der Waals surface area contributed by atoms with Gasteiger partial charge >= 0.3 is 0 Å². The van der Waals surface area contributed by atoms with Crippen LogP contribution in [0.25, 0.3) is 5.69 Å². The highest BCUT2D eigenvalue weighted by Crippen LogP contribution is 2.19. The van der Waals surface area contributed by atoms with Crippen molar-refractivity contribution in [1.29, 1.82) is 0 Å². The maximum absolute atomic E-state index is 12.7. The molecular formula is C22H24N2O. The van der Waals surface area contributed by atoms with Crippen molar-refractivity contribution in [2.45, 2.75) is 33.6 Å². The lowest BCUT2D eigenvalue weighted by Crippen LogP contribution is -2.20. The van der Waals surface area contributed by atoms with Gasteiger partial charge in [0.15, 0.2) is 0 Å². The van der Waals surface area contributed by atoms with Crippen LogP contribution in [0.15, 0.2) is 65.5 Å². The van der Waals surface area contributed by atoms with E-state index in [-0.39, 0.29) is 5.56 Å². The molecule has 3 aromatic rings. The van der Waals surface area contributed by atoms with Crippen LogP contribution in [0.3, 0.4) is 0 Å². The summed E-state index contributed by atoms with van der Waals surface area (Å²) in [4.78, 5) is 12.7. The van der Waals surface area contributed by atoms with Gasteiger partial charge in [0.05, 0.1) is 0 Å². The smallest absolute Gasteiger partial charge is 0.257 e. The number of nitrogens with zero attached hydrogens (tertiary/aromatic N) is 1. The number of aromatic nitrogens is 1. The summed E-state index contributed by atoms with van der Waals surface area (Å²) in [7, 11) is 0. The zero-order valence-corrected chi connectivity index (χ0v) is 15.0. The van der Waals surface area contributed by atoms with Crippen LogP contribution in [0.1, 0.15) is 30.7 Å². The molecule has 0 saturated carbocycles. The molecule has 1 heterocycles. The Kier molecular flexibility index (Phi) is 5.03. The molecule has 0 radical (unpaired) electrons. The number of pyridine rings is 1. The summed E-state index contributed by atoms with van der Waals surface area (Å²) < 4.78 is 1.76. The first-order valence-corrected chi connectivity index (χ1v) is 8.79. The Balaban J connectivity index is 1.96. The van der Waals surface area contributed by atoms with E-state index in [1.807, 2.05) is 37.3 Å². The molecule has 128 valence electrons. The van der Waals surface area contributed by atoms with Gasteiger partial charge in [-0.2, -0.15) is 0 Å². The predicted molar refractivity (Wildman–Crippen MR) is 105 cm³/mol. The quantitative estimate of drug-likeness (QED) is 0.712. The van der Waals surface area contributed by atoms with Crippen molar-refractivity contribution >= 4 is 11.4 Å². The van der Waals surface area contributed by atoms with Crippen LogP contribution in [0.4, 0.5) is 11.4 Å². The van der Waals surface area contributed by atoms with Crippen molar-refractivity contribution in [3.8, 4) is 5.69 Å². The predicted octanol–water partition coefficient (Wildman–Crippen LogP) is 5.01. The first-order chi connectivity index (χ1) is 12.1. The summed E-state index contributed by atoms with van der Waals surface area (Å²) in [5.74, 6) is 0. The molecule has 0 aliphatic heterocycles. The average molecular weight is 332 g/mol. The molecule has 1 aromatic heterocycles. The SMILES string of the molecule is CCc1cccc(Nc2cc(C)n(-c3cccc(CC)c3)c(=O)c2)c1. The number of nitrogens with one attached hydrogen (secondary N) is 1. The second kappa shape index (κ2) is 7.39. The average Bonchev–Trinajstić information content (AvgIpc) is 2.61. The van der Waals surface area contributed by atoms with Crippen molar-refractivity contribution in [2.75, 3.05) is 5.32 Å². The van der Waals surface area contributed by atoms with Gasteiger partial charge in [-0.25, -0.2) is 0 Å². The van der Waals surface area contributed by atoms with E-state index in [1.165, 1.54) is 11.1 Å². The minimum atomic E-state index is -0.0256. The first kappa shape index (κ1) is 17.0. The van der Waals surface area contributed by atoms with E-state index in [0.717, 1.165) is 35.6 Å². The van der Waals surface area contributed by atoms with Crippen LogP contribution in [-0.2, 0) is 12.8 Å². The Hall–Kier alpha value is -2.81. The molecule has 0 amide bonds. The van der Waals surface area contributed by atoms with Crippen LogP contribution in [0, 0.1) is 6.92 Å². The van der Waals surface area contributed by atoms with Crippen molar-refractivity contribution in [2.24, 2.45) is 0 Å². The molecular weight excluding hydrogens is 308 g/mol. The largest absolute Gasteiger partial charge is 0.355 e. The highest BCUT2D eigenvalue weighted by molar-refractivity contribution is 5.60. The Morgan fingerprint density at radius 1 is 0.840 bits per heavy atom. The molecule has 0 saturated heterocycles. The highest BCUT2D eigenvalue weighted by atomic mass is 16.1. The molecule has 0 spiro atoms. The Morgan fingerprint density at radius 3 is 2.20 bits per heavy atom. The number of anilines is 2. The van der Waals surface area contributed by atoms with Crippen LogP contribution in [0.5, 0.6) is 0 Å². The monoisotopic (exact) mass is 332 g/mol. The summed E-state index contributed by atoms with van der Waals surface area (Å²) in [5, 5.41) is 3.35. The van der Waals surface area contributed by atoms with E-state index in [4.69, 9.17) is 0 Å². The summed E-state index contributed by atoms with van der Waals surface area (Å²) >= 11 is 0. The standard InChI is InChI=1S/C22H24N2O/c1-4-17-8-6-10-19(13-17)23-20-12-16(3)24(22(25)15-20)21-11-7-9-18(5-2)14-21/h6-15,23H,4-5H2,1-3H3. The number of aryl methyl sites for hydroxylation is 3. The highest BCUT2D eigenvalue weighted by Gasteiger charge is 2.07. The third kappa shape index (κ3) is 3.82. The minimum Gasteiger partial charge on any atom is -0.355 e. The zero-order valence-electron chi connectivity index (χ0n) is 15.0. The van der Waals surface area contributed by atoms with Crippen LogP contribution in [0.2, 0.25) is 0 Å². The van der Waals surface area contributed by atoms with Gasteiger partial charge in [0.25, 0.3) is 5.56 Å². The van der Waals surface area contributed by atoms with Crippen molar-refractivity contribution in [3.63, 3.8) is 0 Å². The van der Waals surface area contributed by atoms with E-state index >= 15 is 0 Å². The Bertz CT molecular complexity index is 941.